The van der Waals surface area contributed by atoms with E-state index in [0.717, 1.165) is 11.8 Å². The fourth-order valence-corrected chi connectivity index (χ4v) is 4.97. The lowest BCUT2D eigenvalue weighted by atomic mass is 10.1. The molecule has 2 aromatic rings. The Morgan fingerprint density at radius 2 is 1.57 bits per heavy atom. The lowest BCUT2D eigenvalue weighted by Gasteiger charge is -2.04. The number of hydrogen-bond acceptors (Lipinski definition) is 3. The van der Waals surface area contributed by atoms with Crippen molar-refractivity contribution in [1.29, 1.82) is 0 Å². The summed E-state index contributed by atoms with van der Waals surface area (Å²) in [5.41, 5.74) is 0.886. The van der Waals surface area contributed by atoms with Gasteiger partial charge in [-0.05, 0) is 29.8 Å². The predicted octanol–water partition coefficient (Wildman–Crippen LogP) is 3.09. The summed E-state index contributed by atoms with van der Waals surface area (Å²) in [5, 5.41) is -0.199. The van der Waals surface area contributed by atoms with Gasteiger partial charge in [0.2, 0.25) is 0 Å². The van der Waals surface area contributed by atoms with Crippen molar-refractivity contribution in [3.8, 4) is 0 Å². The molecule has 0 aromatic heterocycles. The van der Waals surface area contributed by atoms with Crippen LogP contribution in [-0.2, 0) is 14.6 Å². The first-order valence-corrected chi connectivity index (χ1v) is 8.48. The maximum absolute atomic E-state index is 12.7. The zero-order chi connectivity index (χ0) is 15.0. The van der Waals surface area contributed by atoms with E-state index in [0.29, 0.717) is 5.02 Å². The first-order valence-electron chi connectivity index (χ1n) is 6.55. The van der Waals surface area contributed by atoms with E-state index in [4.69, 9.17) is 11.6 Å². The highest BCUT2D eigenvalue weighted by Crippen LogP contribution is 2.52. The van der Waals surface area contributed by atoms with Crippen LogP contribution in [-0.4, -0.2) is 20.0 Å². The molecule has 1 saturated carbocycles. The Labute approximate surface area is 128 Å². The Hall–Kier alpha value is -1.65. The SMILES string of the molecule is O=C[C@@H]1[C@@H](c2ccccc2)[C@H]1S(=O)(=O)c1ccc(Cl)cc1. The standard InChI is InChI=1S/C16H13ClO3S/c17-12-6-8-13(9-7-12)21(19,20)16-14(10-18)15(16)11-4-2-1-3-5-11/h1-10,14-16H/t14-,15-,16+/m1/s1. The predicted molar refractivity (Wildman–Crippen MR) is 81.2 cm³/mol. The summed E-state index contributed by atoms with van der Waals surface area (Å²) in [4.78, 5) is 11.4. The Kier molecular flexibility index (Phi) is 3.59. The van der Waals surface area contributed by atoms with Gasteiger partial charge in [0.15, 0.2) is 9.84 Å². The Balaban J connectivity index is 1.96. The largest absolute Gasteiger partial charge is 0.303 e. The van der Waals surface area contributed by atoms with E-state index in [1.54, 1.807) is 12.1 Å². The summed E-state index contributed by atoms with van der Waals surface area (Å²) in [6, 6.07) is 15.3. The van der Waals surface area contributed by atoms with E-state index in [2.05, 4.69) is 0 Å². The first-order chi connectivity index (χ1) is 10.1. The van der Waals surface area contributed by atoms with Crippen molar-refractivity contribution in [2.75, 3.05) is 0 Å². The fraction of sp³-hybridized carbons (Fsp3) is 0.188. The highest BCUT2D eigenvalue weighted by atomic mass is 35.5. The normalized spacial score (nSPS) is 24.5. The maximum atomic E-state index is 12.7. The molecule has 0 bridgehead atoms. The van der Waals surface area contributed by atoms with Crippen LogP contribution in [0.1, 0.15) is 11.5 Å². The summed E-state index contributed by atoms with van der Waals surface area (Å²) in [7, 11) is -3.53. The molecule has 3 rings (SSSR count). The molecule has 1 aliphatic carbocycles. The molecule has 1 aliphatic rings. The third-order valence-electron chi connectivity index (χ3n) is 3.85. The molecule has 1 fully saturated rings. The molecule has 108 valence electrons. The van der Waals surface area contributed by atoms with E-state index in [9.17, 15) is 13.2 Å². The van der Waals surface area contributed by atoms with Gasteiger partial charge in [-0.25, -0.2) is 8.42 Å². The number of halogens is 1. The number of rotatable bonds is 4. The average molecular weight is 321 g/mol. The van der Waals surface area contributed by atoms with Gasteiger partial charge in [0.1, 0.15) is 6.29 Å². The van der Waals surface area contributed by atoms with Crippen LogP contribution in [0.2, 0.25) is 5.02 Å². The van der Waals surface area contributed by atoms with E-state index in [1.165, 1.54) is 12.1 Å². The fourth-order valence-electron chi connectivity index (χ4n) is 2.74. The van der Waals surface area contributed by atoms with Crippen molar-refractivity contribution < 1.29 is 13.2 Å². The Bertz CT molecular complexity index is 754. The van der Waals surface area contributed by atoms with Crippen molar-refractivity contribution in [3.63, 3.8) is 0 Å². The molecule has 0 amide bonds. The van der Waals surface area contributed by atoms with Crippen molar-refractivity contribution >= 4 is 27.7 Å². The van der Waals surface area contributed by atoms with Gasteiger partial charge in [-0.1, -0.05) is 41.9 Å². The minimum absolute atomic E-state index is 0.210. The zero-order valence-corrected chi connectivity index (χ0v) is 12.6. The summed E-state index contributed by atoms with van der Waals surface area (Å²) in [5.74, 6) is -0.738. The first kappa shape index (κ1) is 14.3. The molecule has 0 aliphatic heterocycles. The number of hydrogen-bond donors (Lipinski definition) is 0. The van der Waals surface area contributed by atoms with Crippen LogP contribution < -0.4 is 0 Å². The van der Waals surface area contributed by atoms with E-state index in [-0.39, 0.29) is 10.8 Å². The molecule has 2 aromatic carbocycles. The number of benzene rings is 2. The van der Waals surface area contributed by atoms with Crippen molar-refractivity contribution in [1.82, 2.24) is 0 Å². The molecule has 0 spiro atoms. The summed E-state index contributed by atoms with van der Waals surface area (Å²) >= 11 is 5.79. The second-order valence-electron chi connectivity index (χ2n) is 5.11. The molecule has 3 nitrogen and oxygen atoms in total. The van der Waals surface area contributed by atoms with Gasteiger partial charge in [0.05, 0.1) is 10.1 Å². The summed E-state index contributed by atoms with van der Waals surface area (Å²) in [6.45, 7) is 0. The van der Waals surface area contributed by atoms with Gasteiger partial charge in [0, 0.05) is 16.9 Å². The van der Waals surface area contributed by atoms with Crippen LogP contribution >= 0.6 is 11.6 Å². The number of sulfone groups is 1. The molecule has 0 radical (unpaired) electrons. The van der Waals surface area contributed by atoms with Crippen LogP contribution in [0.3, 0.4) is 0 Å². The number of carbonyl (C=O) groups excluding carboxylic acids is 1. The summed E-state index contributed by atoms with van der Waals surface area (Å²) in [6.07, 6.45) is 0.746. The topological polar surface area (TPSA) is 51.2 Å². The molecule has 21 heavy (non-hydrogen) atoms. The lowest BCUT2D eigenvalue weighted by Crippen LogP contribution is -2.10. The third-order valence-corrected chi connectivity index (χ3v) is 6.35. The van der Waals surface area contributed by atoms with Crippen molar-refractivity contribution in [2.45, 2.75) is 16.1 Å². The highest BCUT2D eigenvalue weighted by molar-refractivity contribution is 7.92. The number of carbonyl (C=O) groups is 1. The van der Waals surface area contributed by atoms with E-state index >= 15 is 0 Å². The van der Waals surface area contributed by atoms with Crippen molar-refractivity contribution in [2.24, 2.45) is 5.92 Å². The second kappa shape index (κ2) is 5.28. The van der Waals surface area contributed by atoms with Crippen LogP contribution in [0.15, 0.2) is 59.5 Å². The van der Waals surface area contributed by atoms with Crippen LogP contribution in [0, 0.1) is 5.92 Å². The molecule has 0 N–H and O–H groups in total. The van der Waals surface area contributed by atoms with Crippen LogP contribution in [0.5, 0.6) is 0 Å². The minimum Gasteiger partial charge on any atom is -0.303 e. The molecule has 3 atom stereocenters. The van der Waals surface area contributed by atoms with Crippen LogP contribution in [0.4, 0.5) is 0 Å². The lowest BCUT2D eigenvalue weighted by molar-refractivity contribution is -0.108. The quantitative estimate of drug-likeness (QED) is 0.813. The Morgan fingerprint density at radius 1 is 0.952 bits per heavy atom. The van der Waals surface area contributed by atoms with Gasteiger partial charge in [-0.2, -0.15) is 0 Å². The molecular weight excluding hydrogens is 308 g/mol. The van der Waals surface area contributed by atoms with Gasteiger partial charge in [-0.15, -0.1) is 0 Å². The monoisotopic (exact) mass is 320 g/mol. The van der Waals surface area contributed by atoms with Gasteiger partial charge < -0.3 is 4.79 Å². The van der Waals surface area contributed by atoms with Gasteiger partial charge >= 0.3 is 0 Å². The van der Waals surface area contributed by atoms with E-state index < -0.39 is 21.0 Å². The van der Waals surface area contributed by atoms with E-state index in [1.807, 2.05) is 30.3 Å². The highest BCUT2D eigenvalue weighted by Gasteiger charge is 2.58. The molecule has 0 heterocycles. The molecule has 0 saturated heterocycles. The molecule has 5 heteroatoms. The smallest absolute Gasteiger partial charge is 0.182 e. The third kappa shape index (κ3) is 2.49. The molecule has 0 unspecified atom stereocenters. The van der Waals surface area contributed by atoms with Crippen LogP contribution in [0.25, 0.3) is 0 Å². The van der Waals surface area contributed by atoms with Gasteiger partial charge in [-0.3, -0.25) is 0 Å². The summed E-state index contributed by atoms with van der Waals surface area (Å²) < 4.78 is 25.3. The second-order valence-corrected chi connectivity index (χ2v) is 7.66. The number of aldehydes is 1. The van der Waals surface area contributed by atoms with Gasteiger partial charge in [0.25, 0.3) is 0 Å². The minimum atomic E-state index is -3.53. The Morgan fingerprint density at radius 3 is 2.14 bits per heavy atom. The zero-order valence-electron chi connectivity index (χ0n) is 11.0. The molecular formula is C16H13ClO3S. The van der Waals surface area contributed by atoms with Crippen molar-refractivity contribution in [3.05, 3.63) is 65.2 Å². The maximum Gasteiger partial charge on any atom is 0.182 e. The average Bonchev–Trinajstić information content (AvgIpc) is 3.24.